The number of amides is 1. The van der Waals surface area contributed by atoms with Crippen molar-refractivity contribution in [2.75, 3.05) is 6.61 Å². The zero-order valence-electron chi connectivity index (χ0n) is 17.2. The third-order valence-electron chi connectivity index (χ3n) is 7.77. The van der Waals surface area contributed by atoms with Gasteiger partial charge in [0.1, 0.15) is 11.2 Å². The smallest absolute Gasteiger partial charge is 0.450 e. The maximum atomic E-state index is 13.0. The number of nitrogens with one attached hydrogen (secondary N) is 1. The minimum absolute atomic E-state index is 0.0333. The SMILES string of the molecule is CC(C)(OCC1CCCCC1)C(=O)NC1C2CC3CC1CC(OC(=O)O)(C3)C2. The summed E-state index contributed by atoms with van der Waals surface area (Å²) in [6.07, 6.45) is 9.56. The normalized spacial score (nSPS) is 37.6. The number of carbonyl (C=O) groups is 2. The lowest BCUT2D eigenvalue weighted by Gasteiger charge is -2.58. The van der Waals surface area contributed by atoms with Gasteiger partial charge in [0.25, 0.3) is 5.91 Å². The number of carboxylic acid groups (broad SMARTS) is 1. The molecular formula is C22H35NO5. The molecule has 0 spiro atoms. The predicted molar refractivity (Wildman–Crippen MR) is 104 cm³/mol. The van der Waals surface area contributed by atoms with Gasteiger partial charge in [-0.3, -0.25) is 4.79 Å². The van der Waals surface area contributed by atoms with Crippen LogP contribution in [0, 0.1) is 23.7 Å². The Labute approximate surface area is 167 Å². The van der Waals surface area contributed by atoms with E-state index in [0.29, 0.717) is 30.3 Å². The molecule has 6 nitrogen and oxygen atoms in total. The van der Waals surface area contributed by atoms with E-state index in [2.05, 4.69) is 5.32 Å². The molecule has 4 bridgehead atoms. The minimum Gasteiger partial charge on any atom is -0.450 e. The fraction of sp³-hybridized carbons (Fsp3) is 0.909. The van der Waals surface area contributed by atoms with Crippen LogP contribution in [-0.2, 0) is 14.3 Å². The number of carbonyl (C=O) groups excluding carboxylic acids is 1. The molecule has 2 unspecified atom stereocenters. The first kappa shape index (κ1) is 20.0. The fourth-order valence-corrected chi connectivity index (χ4v) is 6.57. The molecule has 5 fully saturated rings. The molecule has 158 valence electrons. The van der Waals surface area contributed by atoms with Gasteiger partial charge in [-0.2, -0.15) is 0 Å². The molecule has 0 heterocycles. The second-order valence-electron chi connectivity index (χ2n) is 10.3. The summed E-state index contributed by atoms with van der Waals surface area (Å²) in [5.41, 5.74) is -1.35. The largest absolute Gasteiger partial charge is 0.506 e. The zero-order chi connectivity index (χ0) is 19.9. The van der Waals surface area contributed by atoms with Gasteiger partial charge >= 0.3 is 6.16 Å². The fourth-order valence-electron chi connectivity index (χ4n) is 6.57. The second-order valence-corrected chi connectivity index (χ2v) is 10.3. The van der Waals surface area contributed by atoms with Crippen LogP contribution in [0.3, 0.4) is 0 Å². The third-order valence-corrected chi connectivity index (χ3v) is 7.77. The molecule has 0 aromatic rings. The zero-order valence-corrected chi connectivity index (χ0v) is 17.2. The molecule has 0 aliphatic heterocycles. The van der Waals surface area contributed by atoms with Crippen molar-refractivity contribution in [1.29, 1.82) is 0 Å². The summed E-state index contributed by atoms with van der Waals surface area (Å²) in [7, 11) is 0. The highest BCUT2D eigenvalue weighted by Crippen LogP contribution is 2.57. The van der Waals surface area contributed by atoms with E-state index in [-0.39, 0.29) is 11.9 Å². The predicted octanol–water partition coefficient (Wildman–Crippen LogP) is 4.12. The van der Waals surface area contributed by atoms with Crippen molar-refractivity contribution in [3.8, 4) is 0 Å². The molecule has 1 amide bonds. The van der Waals surface area contributed by atoms with Crippen LogP contribution in [0.1, 0.15) is 78.1 Å². The molecular weight excluding hydrogens is 358 g/mol. The van der Waals surface area contributed by atoms with Gasteiger partial charge in [0.2, 0.25) is 0 Å². The number of hydrogen-bond acceptors (Lipinski definition) is 4. The van der Waals surface area contributed by atoms with Gasteiger partial charge < -0.3 is 19.9 Å². The number of hydrogen-bond donors (Lipinski definition) is 2. The quantitative estimate of drug-likeness (QED) is 0.663. The van der Waals surface area contributed by atoms with Crippen LogP contribution < -0.4 is 5.32 Å². The Hall–Kier alpha value is -1.30. The summed E-state index contributed by atoms with van der Waals surface area (Å²) in [4.78, 5) is 24.2. The summed E-state index contributed by atoms with van der Waals surface area (Å²) in [5, 5.41) is 12.4. The maximum absolute atomic E-state index is 13.0. The van der Waals surface area contributed by atoms with Gasteiger partial charge in [0.15, 0.2) is 0 Å². The molecule has 0 aromatic heterocycles. The summed E-state index contributed by atoms with van der Waals surface area (Å²) in [6.45, 7) is 4.40. The standard InChI is InChI=1S/C22H35NO5/c1-21(2,27-13-14-6-4-3-5-7-14)19(24)23-18-16-8-15-9-17(18)12-22(10-15,11-16)28-20(25)26/h14-18H,3-13H2,1-2H3,(H,23,24)(H,25,26). The lowest BCUT2D eigenvalue weighted by Crippen LogP contribution is -2.64. The van der Waals surface area contributed by atoms with Gasteiger partial charge in [0, 0.05) is 6.04 Å². The lowest BCUT2D eigenvalue weighted by atomic mass is 9.52. The Balaban J connectivity index is 1.35. The molecule has 5 aliphatic rings. The van der Waals surface area contributed by atoms with Crippen LogP contribution >= 0.6 is 0 Å². The highest BCUT2D eigenvalue weighted by Gasteiger charge is 2.58. The summed E-state index contributed by atoms with van der Waals surface area (Å²) >= 11 is 0. The minimum atomic E-state index is -1.17. The Morgan fingerprint density at radius 3 is 2.32 bits per heavy atom. The van der Waals surface area contributed by atoms with Gasteiger partial charge in [-0.25, -0.2) is 4.79 Å². The average molecular weight is 394 g/mol. The Morgan fingerprint density at radius 1 is 1.07 bits per heavy atom. The van der Waals surface area contributed by atoms with Crippen LogP contribution in [0.25, 0.3) is 0 Å². The first-order valence-corrected chi connectivity index (χ1v) is 11.1. The van der Waals surface area contributed by atoms with Crippen LogP contribution in [0.4, 0.5) is 4.79 Å². The highest BCUT2D eigenvalue weighted by atomic mass is 16.7. The first-order valence-electron chi connectivity index (χ1n) is 11.1. The molecule has 6 heteroatoms. The lowest BCUT2D eigenvalue weighted by molar-refractivity contribution is -0.162. The van der Waals surface area contributed by atoms with E-state index in [0.717, 1.165) is 32.1 Å². The molecule has 0 radical (unpaired) electrons. The van der Waals surface area contributed by atoms with Crippen molar-refractivity contribution in [2.24, 2.45) is 23.7 Å². The van der Waals surface area contributed by atoms with Crippen LogP contribution in [-0.4, -0.2) is 41.0 Å². The molecule has 5 rings (SSSR count). The average Bonchev–Trinajstić information content (AvgIpc) is 2.62. The van der Waals surface area contributed by atoms with Crippen LogP contribution in [0.5, 0.6) is 0 Å². The molecule has 0 aromatic carbocycles. The molecule has 5 saturated carbocycles. The van der Waals surface area contributed by atoms with Crippen molar-refractivity contribution >= 4 is 12.1 Å². The third kappa shape index (κ3) is 4.03. The maximum Gasteiger partial charge on any atom is 0.506 e. The Kier molecular flexibility index (Phi) is 5.36. The van der Waals surface area contributed by atoms with Crippen LogP contribution in [0.15, 0.2) is 0 Å². The molecule has 28 heavy (non-hydrogen) atoms. The van der Waals surface area contributed by atoms with Gasteiger partial charge in [-0.1, -0.05) is 19.3 Å². The van der Waals surface area contributed by atoms with Crippen molar-refractivity contribution in [3.63, 3.8) is 0 Å². The van der Waals surface area contributed by atoms with Crippen molar-refractivity contribution in [3.05, 3.63) is 0 Å². The Bertz CT molecular complexity index is 596. The molecule has 5 aliphatic carbocycles. The van der Waals surface area contributed by atoms with E-state index >= 15 is 0 Å². The number of ether oxygens (including phenoxy) is 2. The highest BCUT2D eigenvalue weighted by molar-refractivity contribution is 5.84. The molecule has 2 atom stereocenters. The van der Waals surface area contributed by atoms with E-state index in [1.807, 2.05) is 13.8 Å². The summed E-state index contributed by atoms with van der Waals surface area (Å²) in [5.74, 6) is 1.69. The van der Waals surface area contributed by atoms with E-state index in [4.69, 9.17) is 14.6 Å². The molecule has 2 N–H and O–H groups in total. The summed E-state index contributed by atoms with van der Waals surface area (Å²) < 4.78 is 11.4. The van der Waals surface area contributed by atoms with Gasteiger partial charge in [-0.15, -0.1) is 0 Å². The second kappa shape index (κ2) is 7.51. The monoisotopic (exact) mass is 393 g/mol. The molecule has 0 saturated heterocycles. The van der Waals surface area contributed by atoms with Crippen molar-refractivity contribution < 1.29 is 24.2 Å². The number of rotatable bonds is 6. The van der Waals surface area contributed by atoms with E-state index in [9.17, 15) is 9.59 Å². The van der Waals surface area contributed by atoms with Gasteiger partial charge in [-0.05, 0) is 82.5 Å². The first-order chi connectivity index (χ1) is 13.3. The van der Waals surface area contributed by atoms with Crippen molar-refractivity contribution in [1.82, 2.24) is 5.32 Å². The summed E-state index contributed by atoms with van der Waals surface area (Å²) in [6, 6.07) is 0.118. The van der Waals surface area contributed by atoms with E-state index in [1.54, 1.807) is 0 Å². The topological polar surface area (TPSA) is 84.9 Å². The van der Waals surface area contributed by atoms with E-state index in [1.165, 1.54) is 32.1 Å². The van der Waals surface area contributed by atoms with Crippen LogP contribution in [0.2, 0.25) is 0 Å². The van der Waals surface area contributed by atoms with E-state index < -0.39 is 17.4 Å². The Morgan fingerprint density at radius 2 is 1.71 bits per heavy atom. The van der Waals surface area contributed by atoms with Crippen molar-refractivity contribution in [2.45, 2.75) is 95.3 Å². The van der Waals surface area contributed by atoms with Gasteiger partial charge in [0.05, 0.1) is 6.61 Å².